The van der Waals surface area contributed by atoms with E-state index < -0.39 is 64.1 Å². The van der Waals surface area contributed by atoms with E-state index in [1.165, 1.54) is 6.92 Å². The lowest BCUT2D eigenvalue weighted by molar-refractivity contribution is -0.350. The number of carbonyl (C=O) groups excluding carboxylic acids is 2. The SMILES string of the molecule is CC(=O)O[C@@]12CO[C@@H]1C[C@H](O)[C@@]1(C)C(=O)[C@H](O)C3=C(C)CC[C@@](O)([C@@H](OCc4ccccc4)C12)C3(C)C. The number of esters is 1. The van der Waals surface area contributed by atoms with Gasteiger partial charge in [-0.1, -0.05) is 49.8 Å². The fourth-order valence-corrected chi connectivity index (χ4v) is 7.76. The predicted molar refractivity (Wildman–Crippen MR) is 133 cm³/mol. The minimum absolute atomic E-state index is 0.0109. The van der Waals surface area contributed by atoms with Crippen LogP contribution in [0.4, 0.5) is 0 Å². The van der Waals surface area contributed by atoms with Gasteiger partial charge in [-0.05, 0) is 37.8 Å². The fraction of sp³-hybridized carbons (Fsp3) is 0.655. The van der Waals surface area contributed by atoms with Crippen LogP contribution < -0.4 is 0 Å². The van der Waals surface area contributed by atoms with E-state index in [-0.39, 0.29) is 19.6 Å². The highest BCUT2D eigenvalue weighted by molar-refractivity contribution is 5.93. The molecule has 5 rings (SSSR count). The third-order valence-corrected chi connectivity index (χ3v) is 9.89. The largest absolute Gasteiger partial charge is 0.454 e. The maximum atomic E-state index is 14.3. The lowest BCUT2D eigenvalue weighted by Crippen LogP contribution is -2.81. The summed E-state index contributed by atoms with van der Waals surface area (Å²) in [6, 6.07) is 9.51. The van der Waals surface area contributed by atoms with Crippen LogP contribution in [0.1, 0.15) is 59.4 Å². The zero-order valence-electron chi connectivity index (χ0n) is 22.2. The Morgan fingerprint density at radius 3 is 2.43 bits per heavy atom. The van der Waals surface area contributed by atoms with Crippen LogP contribution in [0, 0.1) is 16.7 Å². The first-order chi connectivity index (χ1) is 17.3. The minimum Gasteiger partial charge on any atom is -0.454 e. The second-order valence-electron chi connectivity index (χ2n) is 12.1. The van der Waals surface area contributed by atoms with Gasteiger partial charge in [-0.3, -0.25) is 9.59 Å². The van der Waals surface area contributed by atoms with Gasteiger partial charge < -0.3 is 29.5 Å². The highest BCUT2D eigenvalue weighted by Gasteiger charge is 2.76. The first-order valence-corrected chi connectivity index (χ1v) is 13.1. The van der Waals surface area contributed by atoms with Crippen molar-refractivity contribution in [2.24, 2.45) is 16.7 Å². The van der Waals surface area contributed by atoms with Gasteiger partial charge in [0.1, 0.15) is 17.8 Å². The molecule has 202 valence electrons. The van der Waals surface area contributed by atoms with Crippen LogP contribution in [0.2, 0.25) is 0 Å². The Kier molecular flexibility index (Phi) is 6.24. The molecule has 2 bridgehead atoms. The summed E-state index contributed by atoms with van der Waals surface area (Å²) in [5, 5.41) is 35.7. The second kappa shape index (κ2) is 8.71. The predicted octanol–water partition coefficient (Wildman–Crippen LogP) is 2.47. The topological polar surface area (TPSA) is 123 Å². The molecule has 1 unspecified atom stereocenters. The smallest absolute Gasteiger partial charge is 0.303 e. The summed E-state index contributed by atoms with van der Waals surface area (Å²) in [6.07, 6.45) is -3.56. The summed E-state index contributed by atoms with van der Waals surface area (Å²) in [7, 11) is 0. The molecule has 3 fully saturated rings. The molecule has 0 amide bonds. The first-order valence-electron chi connectivity index (χ1n) is 13.1. The van der Waals surface area contributed by atoms with Crippen molar-refractivity contribution >= 4 is 11.8 Å². The van der Waals surface area contributed by atoms with Gasteiger partial charge in [0.15, 0.2) is 11.4 Å². The number of aliphatic hydroxyl groups is 3. The lowest BCUT2D eigenvalue weighted by atomic mass is 9.45. The zero-order chi connectivity index (χ0) is 27.0. The number of fused-ring (bicyclic) bond motifs is 5. The summed E-state index contributed by atoms with van der Waals surface area (Å²) in [5.74, 6) is -2.07. The van der Waals surface area contributed by atoms with E-state index in [4.69, 9.17) is 14.2 Å². The molecule has 1 heterocycles. The first kappa shape index (κ1) is 26.5. The Morgan fingerprint density at radius 2 is 1.84 bits per heavy atom. The molecule has 1 saturated heterocycles. The van der Waals surface area contributed by atoms with E-state index in [1.54, 1.807) is 6.92 Å². The van der Waals surface area contributed by atoms with Crippen LogP contribution in [-0.2, 0) is 30.4 Å². The number of allylic oxidation sites excluding steroid dienone is 1. The van der Waals surface area contributed by atoms with Gasteiger partial charge in [0.25, 0.3) is 0 Å². The van der Waals surface area contributed by atoms with Crippen molar-refractivity contribution in [3.8, 4) is 0 Å². The highest BCUT2D eigenvalue weighted by atomic mass is 16.6. The number of ether oxygens (including phenoxy) is 3. The second-order valence-corrected chi connectivity index (χ2v) is 12.1. The molecule has 0 radical (unpaired) electrons. The number of aliphatic hydroxyl groups excluding tert-OH is 2. The Morgan fingerprint density at radius 1 is 1.16 bits per heavy atom. The van der Waals surface area contributed by atoms with Gasteiger partial charge in [-0.25, -0.2) is 0 Å². The molecular weight excluding hydrogens is 476 g/mol. The quantitative estimate of drug-likeness (QED) is 0.414. The van der Waals surface area contributed by atoms with Crippen molar-refractivity contribution in [2.75, 3.05) is 6.61 Å². The van der Waals surface area contributed by atoms with Crippen molar-refractivity contribution in [1.29, 1.82) is 0 Å². The third kappa shape index (κ3) is 3.53. The van der Waals surface area contributed by atoms with E-state index >= 15 is 0 Å². The molecule has 3 N–H and O–H groups in total. The van der Waals surface area contributed by atoms with Gasteiger partial charge in [0.05, 0.1) is 30.8 Å². The Hall–Kier alpha value is -2.10. The van der Waals surface area contributed by atoms with Gasteiger partial charge >= 0.3 is 5.97 Å². The number of hydrogen-bond donors (Lipinski definition) is 3. The monoisotopic (exact) mass is 514 g/mol. The van der Waals surface area contributed by atoms with Gasteiger partial charge in [0, 0.05) is 24.7 Å². The van der Waals surface area contributed by atoms with Crippen LogP contribution in [-0.4, -0.2) is 69.3 Å². The maximum Gasteiger partial charge on any atom is 0.303 e. The fourth-order valence-electron chi connectivity index (χ4n) is 7.76. The standard InChI is InChI=1S/C29H38O8/c1-16-11-12-29(34)25(35-14-18-9-7-6-8-10-18)23-27(5,24(33)22(32)21(16)26(29,3)4)19(31)13-20-28(23,15-36-20)37-17(2)30/h6-10,19-20,22-23,25,31-32,34H,11-15H2,1-5H3/t19-,20+,22+,23?,25-,27+,28-,29+/m0/s1. The molecule has 8 nitrogen and oxygen atoms in total. The summed E-state index contributed by atoms with van der Waals surface area (Å²) in [5.41, 5.74) is -3.27. The van der Waals surface area contributed by atoms with Gasteiger partial charge in [-0.2, -0.15) is 0 Å². The molecule has 3 aliphatic carbocycles. The van der Waals surface area contributed by atoms with Crippen LogP contribution in [0.15, 0.2) is 41.5 Å². The van der Waals surface area contributed by atoms with Crippen LogP contribution in [0.5, 0.6) is 0 Å². The molecule has 37 heavy (non-hydrogen) atoms. The summed E-state index contributed by atoms with van der Waals surface area (Å²) in [4.78, 5) is 26.7. The summed E-state index contributed by atoms with van der Waals surface area (Å²) >= 11 is 0. The Labute approximate surface area is 217 Å². The number of benzene rings is 1. The highest BCUT2D eigenvalue weighted by Crippen LogP contribution is 2.63. The van der Waals surface area contributed by atoms with Crippen molar-refractivity contribution in [2.45, 2.75) is 96.1 Å². The van der Waals surface area contributed by atoms with Crippen molar-refractivity contribution < 1.29 is 39.1 Å². The average molecular weight is 515 g/mol. The van der Waals surface area contributed by atoms with Gasteiger partial charge in [-0.15, -0.1) is 0 Å². The molecule has 8 atom stereocenters. The molecule has 1 aromatic carbocycles. The average Bonchev–Trinajstić information content (AvgIpc) is 2.83. The van der Waals surface area contributed by atoms with E-state index in [2.05, 4.69) is 0 Å². The maximum absolute atomic E-state index is 14.3. The van der Waals surface area contributed by atoms with E-state index in [9.17, 15) is 24.9 Å². The molecule has 0 spiro atoms. The molecule has 0 aromatic heterocycles. The molecule has 2 saturated carbocycles. The number of carbonyl (C=O) groups is 2. The molecule has 1 aromatic rings. The molecule has 1 aliphatic heterocycles. The van der Waals surface area contributed by atoms with E-state index in [1.807, 2.05) is 51.1 Å². The molecule has 4 aliphatic rings. The number of hydrogen-bond acceptors (Lipinski definition) is 8. The number of ketones is 1. The Balaban J connectivity index is 1.76. The lowest BCUT2D eigenvalue weighted by Gasteiger charge is -2.67. The number of rotatable bonds is 4. The third-order valence-electron chi connectivity index (χ3n) is 9.89. The summed E-state index contributed by atoms with van der Waals surface area (Å²) < 4.78 is 18.4. The summed E-state index contributed by atoms with van der Waals surface area (Å²) in [6.45, 7) is 8.60. The zero-order valence-corrected chi connectivity index (χ0v) is 22.2. The van der Waals surface area contributed by atoms with E-state index in [0.717, 1.165) is 11.1 Å². The molecular formula is C29H38O8. The van der Waals surface area contributed by atoms with Crippen LogP contribution in [0.3, 0.4) is 0 Å². The van der Waals surface area contributed by atoms with Crippen molar-refractivity contribution in [3.63, 3.8) is 0 Å². The van der Waals surface area contributed by atoms with Crippen molar-refractivity contribution in [1.82, 2.24) is 0 Å². The number of Topliss-reactive ketones (excluding diaryl/α,β-unsaturated/α-hetero) is 1. The van der Waals surface area contributed by atoms with Crippen LogP contribution in [0.25, 0.3) is 0 Å². The minimum atomic E-state index is -1.58. The van der Waals surface area contributed by atoms with Crippen molar-refractivity contribution in [3.05, 3.63) is 47.0 Å². The van der Waals surface area contributed by atoms with Crippen LogP contribution >= 0.6 is 0 Å². The normalized spacial score (nSPS) is 42.6. The molecule has 8 heteroatoms. The van der Waals surface area contributed by atoms with Gasteiger partial charge in [0.2, 0.25) is 0 Å². The Bertz CT molecular complexity index is 1130. The van der Waals surface area contributed by atoms with E-state index in [0.29, 0.717) is 18.4 Å².